The van der Waals surface area contributed by atoms with Crippen LogP contribution in [-0.4, -0.2) is 56.2 Å². The van der Waals surface area contributed by atoms with Gasteiger partial charge in [-0.25, -0.2) is 0 Å². The Hall–Kier alpha value is -2.28. The number of fused-ring (bicyclic) bond motifs is 2. The molecule has 7 nitrogen and oxygen atoms in total. The maximum Gasteiger partial charge on any atom is 0.253 e. The van der Waals surface area contributed by atoms with Crippen LogP contribution in [0.4, 0.5) is 0 Å². The van der Waals surface area contributed by atoms with Gasteiger partial charge in [-0.1, -0.05) is 18.6 Å². The highest BCUT2D eigenvalue weighted by Crippen LogP contribution is 2.32. The van der Waals surface area contributed by atoms with Gasteiger partial charge in [-0.3, -0.25) is 4.79 Å². The molecule has 2 bridgehead atoms. The molecule has 0 spiro atoms. The summed E-state index contributed by atoms with van der Waals surface area (Å²) >= 11 is 0. The fraction of sp³-hybridized carbons (Fsp3) is 0.529. The van der Waals surface area contributed by atoms with Gasteiger partial charge in [-0.15, -0.1) is 5.10 Å². The molecule has 1 aromatic carbocycles. The molecule has 7 heteroatoms. The monoisotopic (exact) mass is 326 g/mol. The smallest absolute Gasteiger partial charge is 0.253 e. The van der Waals surface area contributed by atoms with E-state index < -0.39 is 0 Å². The largest absolute Gasteiger partial charge is 0.349 e. The molecule has 126 valence electrons. The van der Waals surface area contributed by atoms with Crippen LogP contribution in [0.5, 0.6) is 0 Å². The van der Waals surface area contributed by atoms with Gasteiger partial charge in [0, 0.05) is 18.1 Å². The second-order valence-corrected chi connectivity index (χ2v) is 6.82. The Kier molecular flexibility index (Phi) is 4.02. The molecule has 2 atom stereocenters. The molecule has 2 saturated heterocycles. The standard InChI is InChI=1S/C17H22N6O/c1-22-13-5-4-6-14(22)10-12(9-13)19-17(24)15-7-2-3-8-16(15)23-11-18-20-21-23/h2-3,7-8,11-14H,4-6,9-10H2,1H3,(H,19,24). The van der Waals surface area contributed by atoms with Crippen molar-refractivity contribution in [3.63, 3.8) is 0 Å². The van der Waals surface area contributed by atoms with Crippen LogP contribution in [-0.2, 0) is 0 Å². The molecule has 0 saturated carbocycles. The van der Waals surface area contributed by atoms with Crippen molar-refractivity contribution in [3.05, 3.63) is 36.2 Å². The zero-order valence-electron chi connectivity index (χ0n) is 13.8. The number of hydrogen-bond acceptors (Lipinski definition) is 5. The van der Waals surface area contributed by atoms with E-state index in [4.69, 9.17) is 0 Å². The Morgan fingerprint density at radius 2 is 1.96 bits per heavy atom. The summed E-state index contributed by atoms with van der Waals surface area (Å²) in [7, 11) is 2.22. The summed E-state index contributed by atoms with van der Waals surface area (Å²) in [5.74, 6) is -0.0475. The first-order valence-electron chi connectivity index (χ1n) is 8.57. The van der Waals surface area contributed by atoms with Gasteiger partial charge in [0.05, 0.1) is 11.3 Å². The first-order valence-corrected chi connectivity index (χ1v) is 8.57. The van der Waals surface area contributed by atoms with Gasteiger partial charge >= 0.3 is 0 Å². The van der Waals surface area contributed by atoms with Crippen molar-refractivity contribution in [2.45, 2.75) is 50.2 Å². The van der Waals surface area contributed by atoms with Crippen molar-refractivity contribution in [2.75, 3.05) is 7.05 Å². The molecule has 24 heavy (non-hydrogen) atoms. The molecule has 2 unspecified atom stereocenters. The van der Waals surface area contributed by atoms with Crippen LogP contribution in [0.3, 0.4) is 0 Å². The van der Waals surface area contributed by atoms with Crippen LogP contribution < -0.4 is 5.32 Å². The molecule has 2 aliphatic rings. The summed E-state index contributed by atoms with van der Waals surface area (Å²) in [5.41, 5.74) is 1.31. The number of carbonyl (C=O) groups excluding carboxylic acids is 1. The first-order chi connectivity index (χ1) is 11.7. The van der Waals surface area contributed by atoms with Gasteiger partial charge < -0.3 is 10.2 Å². The fourth-order valence-electron chi connectivity index (χ4n) is 4.13. The lowest BCUT2D eigenvalue weighted by Gasteiger charge is -2.47. The van der Waals surface area contributed by atoms with E-state index in [0.717, 1.165) is 12.8 Å². The minimum absolute atomic E-state index is 0.0475. The Bertz CT molecular complexity index is 702. The first kappa shape index (κ1) is 15.3. The molecule has 2 aliphatic heterocycles. The molecule has 2 fully saturated rings. The van der Waals surface area contributed by atoms with E-state index in [0.29, 0.717) is 23.3 Å². The van der Waals surface area contributed by atoms with E-state index in [-0.39, 0.29) is 11.9 Å². The number of para-hydroxylation sites is 1. The lowest BCUT2D eigenvalue weighted by molar-refractivity contribution is 0.0463. The molecule has 0 aliphatic carbocycles. The maximum atomic E-state index is 12.8. The van der Waals surface area contributed by atoms with E-state index in [1.54, 1.807) is 0 Å². The molecule has 1 aromatic heterocycles. The zero-order valence-corrected chi connectivity index (χ0v) is 13.8. The molecule has 1 amide bonds. The number of aromatic nitrogens is 4. The molecule has 4 rings (SSSR count). The van der Waals surface area contributed by atoms with Gasteiger partial charge in [-0.05, 0) is 55.3 Å². The van der Waals surface area contributed by atoms with Crippen LogP contribution >= 0.6 is 0 Å². The van der Waals surface area contributed by atoms with Gasteiger partial charge in [0.25, 0.3) is 5.91 Å². The van der Waals surface area contributed by atoms with E-state index in [1.807, 2.05) is 24.3 Å². The molecular weight excluding hydrogens is 304 g/mol. The number of rotatable bonds is 3. The van der Waals surface area contributed by atoms with Crippen LogP contribution in [0.2, 0.25) is 0 Å². The minimum atomic E-state index is -0.0475. The summed E-state index contributed by atoms with van der Waals surface area (Å²) < 4.78 is 1.53. The number of hydrogen-bond donors (Lipinski definition) is 1. The van der Waals surface area contributed by atoms with E-state index in [9.17, 15) is 4.79 Å². The van der Waals surface area contributed by atoms with Crippen molar-refractivity contribution in [1.82, 2.24) is 30.4 Å². The van der Waals surface area contributed by atoms with E-state index in [1.165, 1.54) is 30.3 Å². The van der Waals surface area contributed by atoms with Crippen molar-refractivity contribution in [3.8, 4) is 5.69 Å². The third-order valence-corrected chi connectivity index (χ3v) is 5.42. The lowest BCUT2D eigenvalue weighted by atomic mass is 9.82. The maximum absolute atomic E-state index is 12.8. The van der Waals surface area contributed by atoms with Gasteiger partial charge in [0.15, 0.2) is 0 Å². The summed E-state index contributed by atoms with van der Waals surface area (Å²) in [6.45, 7) is 0. The predicted molar refractivity (Wildman–Crippen MR) is 88.8 cm³/mol. The molecular formula is C17H22N6O. The van der Waals surface area contributed by atoms with Crippen LogP contribution in [0.1, 0.15) is 42.5 Å². The van der Waals surface area contributed by atoms with E-state index >= 15 is 0 Å². The van der Waals surface area contributed by atoms with Gasteiger partial charge in [0.1, 0.15) is 6.33 Å². The van der Waals surface area contributed by atoms with Gasteiger partial charge in [-0.2, -0.15) is 4.68 Å². The van der Waals surface area contributed by atoms with Gasteiger partial charge in [0.2, 0.25) is 0 Å². The van der Waals surface area contributed by atoms with E-state index in [2.05, 4.69) is 32.8 Å². The number of piperidine rings is 2. The number of amides is 1. The van der Waals surface area contributed by atoms with Crippen molar-refractivity contribution < 1.29 is 4.79 Å². The SMILES string of the molecule is CN1C2CCCC1CC(NC(=O)c1ccccc1-n1cnnn1)C2. The quantitative estimate of drug-likeness (QED) is 0.923. The third-order valence-electron chi connectivity index (χ3n) is 5.42. The molecule has 0 radical (unpaired) electrons. The average molecular weight is 326 g/mol. The van der Waals surface area contributed by atoms with Crippen molar-refractivity contribution >= 4 is 5.91 Å². The summed E-state index contributed by atoms with van der Waals surface area (Å²) in [4.78, 5) is 15.3. The third kappa shape index (κ3) is 2.80. The van der Waals surface area contributed by atoms with Crippen molar-refractivity contribution in [2.24, 2.45) is 0 Å². The van der Waals surface area contributed by atoms with Crippen LogP contribution in [0.15, 0.2) is 30.6 Å². The Labute approximate surface area is 141 Å². The number of nitrogens with one attached hydrogen (secondary N) is 1. The summed E-state index contributed by atoms with van der Waals surface area (Å²) in [6.07, 6.45) is 7.35. The fourth-order valence-corrected chi connectivity index (χ4v) is 4.13. The minimum Gasteiger partial charge on any atom is -0.349 e. The van der Waals surface area contributed by atoms with Crippen LogP contribution in [0, 0.1) is 0 Å². The molecule has 1 N–H and O–H groups in total. The second-order valence-electron chi connectivity index (χ2n) is 6.82. The number of nitrogens with zero attached hydrogens (tertiary/aromatic N) is 5. The number of benzene rings is 1. The van der Waals surface area contributed by atoms with Crippen molar-refractivity contribution in [1.29, 1.82) is 0 Å². The highest BCUT2D eigenvalue weighted by molar-refractivity contribution is 5.97. The Morgan fingerprint density at radius 1 is 1.21 bits per heavy atom. The number of tetrazole rings is 1. The summed E-state index contributed by atoms with van der Waals surface area (Å²) in [5, 5.41) is 14.5. The van der Waals surface area contributed by atoms with Crippen LogP contribution in [0.25, 0.3) is 5.69 Å². The Balaban J connectivity index is 1.51. The molecule has 3 heterocycles. The zero-order chi connectivity index (χ0) is 16.5. The number of carbonyl (C=O) groups is 1. The Morgan fingerprint density at radius 3 is 2.67 bits per heavy atom. The second kappa shape index (κ2) is 6.32. The highest BCUT2D eigenvalue weighted by Gasteiger charge is 2.36. The lowest BCUT2D eigenvalue weighted by Crippen LogP contribution is -2.55. The summed E-state index contributed by atoms with van der Waals surface area (Å²) in [6, 6.07) is 8.86. The predicted octanol–water partition coefficient (Wildman–Crippen LogP) is 1.41. The normalized spacial score (nSPS) is 27.0. The highest BCUT2D eigenvalue weighted by atomic mass is 16.1. The average Bonchev–Trinajstić information content (AvgIpc) is 3.10. The topological polar surface area (TPSA) is 75.9 Å². The molecule has 2 aromatic rings.